The molecule has 2 saturated heterocycles. The van der Waals surface area contributed by atoms with Gasteiger partial charge in [0, 0.05) is 20.1 Å². The van der Waals surface area contributed by atoms with Gasteiger partial charge >= 0.3 is 0 Å². The number of primary amides is 2. The third-order valence-electron chi connectivity index (χ3n) is 17.0. The lowest BCUT2D eigenvalue weighted by Crippen LogP contribution is -2.59. The number of rotatable bonds is 22. The van der Waals surface area contributed by atoms with Crippen molar-refractivity contribution in [3.8, 4) is 0 Å². The predicted octanol–water partition coefficient (Wildman–Crippen LogP) is 12.5. The summed E-state index contributed by atoms with van der Waals surface area (Å²) in [6.07, 6.45) is -1.10. The molecule has 2 heterocycles. The first-order valence-electron chi connectivity index (χ1n) is 29.4. The van der Waals surface area contributed by atoms with Crippen molar-refractivity contribution in [1.82, 2.24) is 9.80 Å². The van der Waals surface area contributed by atoms with E-state index >= 15 is 17.6 Å². The fourth-order valence-corrected chi connectivity index (χ4v) is 16.6. The molecule has 6 aromatic carbocycles. The van der Waals surface area contributed by atoms with Crippen LogP contribution < -0.4 is 20.1 Å². The lowest BCUT2D eigenvalue weighted by molar-refractivity contribution is -0.181. The van der Waals surface area contributed by atoms with E-state index in [-0.39, 0.29) is 19.3 Å². The first-order chi connectivity index (χ1) is 42.9. The molecule has 4 saturated carbocycles. The van der Waals surface area contributed by atoms with Crippen LogP contribution in [-0.2, 0) is 48.7 Å². The van der Waals surface area contributed by atoms with Crippen molar-refractivity contribution in [2.45, 2.75) is 131 Å². The lowest BCUT2D eigenvalue weighted by Gasteiger charge is -2.49. The largest absolute Gasteiger partial charge is 0.370 e. The molecule has 16 nitrogen and oxygen atoms in total. The zero-order valence-electron chi connectivity index (χ0n) is 48.0. The average molecular weight is 1370 g/mol. The number of nitrogens with two attached hydrogens (primary N) is 2. The standard InChI is InChI=1S/2C32H31Cl2F2N3O5S.CH4/c2*33-21-11-9-19(10-12-21)29-31(20-3-1-4-22(34)15-20)44-27(16-28(37)40)32(41)39(29)26(18-7-8-18)17-38(45(42,43)23-13-14-23)30-24(35)5-2-6-25(30)36;/h2*1-6,9-12,15,18,23,26-27,29,31H,7-8,13-14,16-17H2,(H2,37,40);1H4/t26-,27+,29-,31-;26-,27-,29-,31-;/m11./s1. The van der Waals surface area contributed by atoms with Crippen LogP contribution in [0.3, 0.4) is 0 Å². The molecule has 0 unspecified atom stereocenters. The molecule has 0 bridgehead atoms. The summed E-state index contributed by atoms with van der Waals surface area (Å²) in [5.41, 5.74) is 12.2. The van der Waals surface area contributed by atoms with Crippen LogP contribution in [-0.4, -0.2) is 98.1 Å². The van der Waals surface area contributed by atoms with E-state index in [4.69, 9.17) is 67.3 Å². The second-order valence-corrected chi connectivity index (χ2v) is 29.5. The van der Waals surface area contributed by atoms with E-state index in [0.717, 1.165) is 32.9 Å². The van der Waals surface area contributed by atoms with Crippen molar-refractivity contribution < 1.29 is 63.0 Å². The predicted molar refractivity (Wildman–Crippen MR) is 339 cm³/mol. The van der Waals surface area contributed by atoms with E-state index in [1.54, 1.807) is 97.1 Å². The minimum atomic E-state index is -4.20. The van der Waals surface area contributed by atoms with E-state index in [9.17, 15) is 36.0 Å². The van der Waals surface area contributed by atoms with Gasteiger partial charge in [-0.15, -0.1) is 0 Å². The number of hydrogen-bond acceptors (Lipinski definition) is 10. The monoisotopic (exact) mass is 1370 g/mol. The maximum Gasteiger partial charge on any atom is 0.253 e. The van der Waals surface area contributed by atoms with E-state index in [1.165, 1.54) is 21.9 Å². The van der Waals surface area contributed by atoms with Crippen LogP contribution in [0.1, 0.15) is 118 Å². The van der Waals surface area contributed by atoms with Crippen LogP contribution in [0, 0.1) is 35.1 Å². The summed E-state index contributed by atoms with van der Waals surface area (Å²) in [7, 11) is -8.40. The normalized spacial score (nSPS) is 22.5. The number of hydrogen-bond donors (Lipinski definition) is 2. The summed E-state index contributed by atoms with van der Waals surface area (Å²) in [5.74, 6) is -7.19. The fourth-order valence-electron chi connectivity index (χ4n) is 12.2. The molecule has 12 rings (SSSR count). The summed E-state index contributed by atoms with van der Waals surface area (Å²) in [6, 6.07) is 30.4. The number of benzene rings is 6. The lowest BCUT2D eigenvalue weighted by atomic mass is 9.89. The summed E-state index contributed by atoms with van der Waals surface area (Å²) in [5, 5.41) is 0.161. The van der Waals surface area contributed by atoms with Gasteiger partial charge in [0.25, 0.3) is 11.8 Å². The van der Waals surface area contributed by atoms with Crippen molar-refractivity contribution >= 4 is 101 Å². The van der Waals surface area contributed by atoms with Crippen LogP contribution in [0.25, 0.3) is 0 Å². The van der Waals surface area contributed by atoms with Gasteiger partial charge in [-0.1, -0.05) is 114 Å². The van der Waals surface area contributed by atoms with Gasteiger partial charge in [-0.2, -0.15) is 0 Å². The van der Waals surface area contributed by atoms with Crippen LogP contribution >= 0.6 is 46.4 Å². The molecule has 2 aliphatic heterocycles. The number of halogens is 8. The zero-order valence-corrected chi connectivity index (χ0v) is 52.6. The molecular formula is C65H66Cl4F4N6O10S2. The fraction of sp³-hybridized carbons (Fsp3) is 0.385. The van der Waals surface area contributed by atoms with Crippen molar-refractivity contribution in [3.05, 3.63) is 199 Å². The van der Waals surface area contributed by atoms with Gasteiger partial charge in [0.1, 0.15) is 35.8 Å². The second-order valence-electron chi connectivity index (χ2n) is 23.5. The third kappa shape index (κ3) is 14.8. The number of ether oxygens (including phenoxy) is 2. The molecule has 0 aromatic heterocycles. The number of carbonyl (C=O) groups is 4. The van der Waals surface area contributed by atoms with Crippen molar-refractivity contribution in [2.24, 2.45) is 23.3 Å². The Bertz CT molecular complexity index is 3650. The topological polar surface area (TPSA) is 220 Å². The summed E-state index contributed by atoms with van der Waals surface area (Å²) in [6.45, 7) is -0.800. The molecule has 0 spiro atoms. The maximum absolute atomic E-state index is 15.3. The molecule has 0 radical (unpaired) electrons. The Kier molecular flexibility index (Phi) is 20.4. The van der Waals surface area contributed by atoms with E-state index in [0.29, 0.717) is 93.7 Å². The van der Waals surface area contributed by atoms with Crippen molar-refractivity contribution in [3.63, 3.8) is 0 Å². The Hall–Kier alpha value is -6.50. The van der Waals surface area contributed by atoms with Gasteiger partial charge in [-0.25, -0.2) is 34.4 Å². The van der Waals surface area contributed by atoms with Gasteiger partial charge in [0.2, 0.25) is 31.9 Å². The molecule has 91 heavy (non-hydrogen) atoms. The third-order valence-corrected chi connectivity index (χ3v) is 22.5. The number of amides is 4. The number of sulfonamides is 2. The number of carbonyl (C=O) groups excluding carboxylic acids is 4. The van der Waals surface area contributed by atoms with Crippen molar-refractivity contribution in [1.29, 1.82) is 0 Å². The summed E-state index contributed by atoms with van der Waals surface area (Å²) in [4.78, 5) is 56.2. The quantitative estimate of drug-likeness (QED) is 0.0612. The molecule has 484 valence electrons. The minimum absolute atomic E-state index is 0. The highest BCUT2D eigenvalue weighted by atomic mass is 35.5. The Labute approximate surface area is 545 Å². The Morgan fingerprint density at radius 1 is 0.484 bits per heavy atom. The van der Waals surface area contributed by atoms with E-state index in [1.807, 2.05) is 0 Å². The van der Waals surface area contributed by atoms with Crippen LogP contribution in [0.15, 0.2) is 133 Å². The van der Waals surface area contributed by atoms with Crippen LogP contribution in [0.4, 0.5) is 28.9 Å². The minimum Gasteiger partial charge on any atom is -0.370 e. The molecule has 8 atom stereocenters. The van der Waals surface area contributed by atoms with Crippen molar-refractivity contribution in [2.75, 3.05) is 21.7 Å². The van der Waals surface area contributed by atoms with Gasteiger partial charge in [0.15, 0.2) is 23.3 Å². The number of nitrogens with zero attached hydrogens (tertiary/aromatic N) is 4. The Morgan fingerprint density at radius 3 is 1.09 bits per heavy atom. The highest BCUT2D eigenvalue weighted by Gasteiger charge is 2.55. The molecule has 6 aromatic rings. The van der Waals surface area contributed by atoms with Crippen LogP contribution in [0.5, 0.6) is 0 Å². The SMILES string of the molecule is C.NC(=O)C[C@@H]1O[C@H](c2cccc(Cl)c2)[C@@H](c2ccc(Cl)cc2)N([C@H](CN(c2c(F)cccc2F)S(=O)(=O)C2CC2)C2CC2)C1=O.NC(=O)C[C@H]1O[C@H](c2cccc(Cl)c2)[C@@H](c2ccc(Cl)cc2)N([C@H](CN(c2c(F)cccc2F)S(=O)(=O)C2CC2)C2CC2)C1=O. The first kappa shape index (κ1) is 67.4. The highest BCUT2D eigenvalue weighted by Crippen LogP contribution is 2.52. The van der Waals surface area contributed by atoms with Gasteiger partial charge in [0.05, 0.1) is 60.6 Å². The number of para-hydroxylation sites is 2. The summed E-state index contributed by atoms with van der Waals surface area (Å²) < 4.78 is 131. The van der Waals surface area contributed by atoms with Gasteiger partial charge < -0.3 is 30.7 Å². The Morgan fingerprint density at radius 2 is 0.802 bits per heavy atom. The molecule has 6 fully saturated rings. The second kappa shape index (κ2) is 27.6. The number of anilines is 2. The summed E-state index contributed by atoms with van der Waals surface area (Å²) >= 11 is 25.2. The molecule has 4 amide bonds. The molecule has 4 aliphatic carbocycles. The van der Waals surface area contributed by atoms with Gasteiger partial charge in [-0.05, 0) is 158 Å². The first-order valence-corrected chi connectivity index (χ1v) is 33.9. The Balaban J connectivity index is 0.000000198. The number of morpholine rings is 2. The van der Waals surface area contributed by atoms with Crippen LogP contribution in [0.2, 0.25) is 20.1 Å². The molecule has 6 aliphatic rings. The van der Waals surface area contributed by atoms with E-state index in [2.05, 4.69) is 0 Å². The molecule has 26 heteroatoms. The molecular weight excluding hydrogens is 1310 g/mol. The van der Waals surface area contributed by atoms with Gasteiger partial charge in [-0.3, -0.25) is 27.8 Å². The smallest absolute Gasteiger partial charge is 0.253 e. The zero-order chi connectivity index (χ0) is 64.1. The maximum atomic E-state index is 15.3. The average Bonchev–Trinajstić information content (AvgIpc) is 1.75. The molecule has 4 N–H and O–H groups in total. The highest BCUT2D eigenvalue weighted by molar-refractivity contribution is 7.94. The van der Waals surface area contributed by atoms with E-state index < -0.39 is 163 Å².